The summed E-state index contributed by atoms with van der Waals surface area (Å²) in [5.74, 6) is -0.0901. The lowest BCUT2D eigenvalue weighted by atomic mass is 10.3. The van der Waals surface area contributed by atoms with Crippen LogP contribution in [0.3, 0.4) is 0 Å². The Morgan fingerprint density at radius 3 is 2.87 bits per heavy atom. The van der Waals surface area contributed by atoms with Gasteiger partial charge in [0.25, 0.3) is 0 Å². The Balaban J connectivity index is 2.70. The molecule has 0 fully saturated rings. The highest BCUT2D eigenvalue weighted by Crippen LogP contribution is 2.20. The van der Waals surface area contributed by atoms with E-state index in [-0.39, 0.29) is 18.1 Å². The maximum absolute atomic E-state index is 13.2. The summed E-state index contributed by atoms with van der Waals surface area (Å²) in [6.07, 6.45) is 0. The molecular formula is C10H13FN2O2. The number of rotatable bonds is 4. The van der Waals surface area contributed by atoms with Crippen LogP contribution < -0.4 is 15.4 Å². The lowest BCUT2D eigenvalue weighted by Crippen LogP contribution is -2.26. The van der Waals surface area contributed by atoms with E-state index in [0.717, 1.165) is 0 Å². The number of nitrogens with one attached hydrogen (secondary N) is 2. The quantitative estimate of drug-likeness (QED) is 0.782. The Bertz CT molecular complexity index is 355. The summed E-state index contributed by atoms with van der Waals surface area (Å²) in [5, 5.41) is 5.10. The molecule has 82 valence electrons. The zero-order valence-electron chi connectivity index (χ0n) is 8.63. The third kappa shape index (κ3) is 3.12. The Morgan fingerprint density at radius 2 is 2.27 bits per heavy atom. The first-order valence-electron chi connectivity index (χ1n) is 4.45. The predicted octanol–water partition coefficient (Wildman–Crippen LogP) is 0.992. The molecule has 0 atom stereocenters. The van der Waals surface area contributed by atoms with Gasteiger partial charge in [-0.1, -0.05) is 0 Å². The largest absolute Gasteiger partial charge is 0.497 e. The van der Waals surface area contributed by atoms with E-state index < -0.39 is 5.82 Å². The number of anilines is 1. The zero-order valence-corrected chi connectivity index (χ0v) is 8.63. The number of ether oxygens (including phenoxy) is 1. The summed E-state index contributed by atoms with van der Waals surface area (Å²) in [4.78, 5) is 10.9. The van der Waals surface area contributed by atoms with Crippen molar-refractivity contribution in [3.63, 3.8) is 0 Å². The van der Waals surface area contributed by atoms with Gasteiger partial charge in [-0.05, 0) is 12.1 Å². The third-order valence-electron chi connectivity index (χ3n) is 1.89. The third-order valence-corrected chi connectivity index (χ3v) is 1.89. The lowest BCUT2D eigenvalue weighted by Gasteiger charge is -2.08. The SMILES string of the molecule is CNC(=O)CNc1cc(OC)ccc1F. The van der Waals surface area contributed by atoms with E-state index in [0.29, 0.717) is 5.75 Å². The van der Waals surface area contributed by atoms with Crippen LogP contribution in [-0.4, -0.2) is 26.6 Å². The van der Waals surface area contributed by atoms with E-state index in [2.05, 4.69) is 10.6 Å². The number of hydrogen-bond acceptors (Lipinski definition) is 3. The number of carbonyl (C=O) groups is 1. The molecule has 1 aromatic rings. The van der Waals surface area contributed by atoms with Crippen molar-refractivity contribution >= 4 is 11.6 Å². The van der Waals surface area contributed by atoms with Gasteiger partial charge in [0.1, 0.15) is 11.6 Å². The Kier molecular flexibility index (Phi) is 3.91. The van der Waals surface area contributed by atoms with Gasteiger partial charge in [0.15, 0.2) is 0 Å². The molecule has 15 heavy (non-hydrogen) atoms. The molecule has 0 radical (unpaired) electrons. The molecule has 5 heteroatoms. The minimum absolute atomic E-state index is 0.0284. The van der Waals surface area contributed by atoms with Crippen LogP contribution in [0.4, 0.5) is 10.1 Å². The van der Waals surface area contributed by atoms with E-state index in [9.17, 15) is 9.18 Å². The summed E-state index contributed by atoms with van der Waals surface area (Å²) in [6.45, 7) is 0.0284. The van der Waals surface area contributed by atoms with Gasteiger partial charge in [0.05, 0.1) is 19.3 Å². The van der Waals surface area contributed by atoms with Gasteiger partial charge in [-0.25, -0.2) is 4.39 Å². The van der Waals surface area contributed by atoms with Crippen LogP contribution in [0.5, 0.6) is 5.75 Å². The second kappa shape index (κ2) is 5.19. The van der Waals surface area contributed by atoms with Crippen LogP contribution in [0.15, 0.2) is 18.2 Å². The van der Waals surface area contributed by atoms with Crippen molar-refractivity contribution in [3.05, 3.63) is 24.0 Å². The second-order valence-electron chi connectivity index (χ2n) is 2.87. The van der Waals surface area contributed by atoms with Crippen molar-refractivity contribution in [2.75, 3.05) is 26.0 Å². The zero-order chi connectivity index (χ0) is 11.3. The fourth-order valence-corrected chi connectivity index (χ4v) is 1.03. The number of methoxy groups -OCH3 is 1. The highest BCUT2D eigenvalue weighted by atomic mass is 19.1. The van der Waals surface area contributed by atoms with Gasteiger partial charge < -0.3 is 15.4 Å². The van der Waals surface area contributed by atoms with Gasteiger partial charge in [0.2, 0.25) is 5.91 Å². The van der Waals surface area contributed by atoms with Crippen LogP contribution in [0.1, 0.15) is 0 Å². The predicted molar refractivity (Wildman–Crippen MR) is 55.5 cm³/mol. The average Bonchev–Trinajstić information content (AvgIpc) is 2.27. The maximum atomic E-state index is 13.2. The van der Waals surface area contributed by atoms with E-state index in [4.69, 9.17) is 4.74 Å². The van der Waals surface area contributed by atoms with Crippen LogP contribution in [0.25, 0.3) is 0 Å². The van der Waals surface area contributed by atoms with Gasteiger partial charge in [0, 0.05) is 13.1 Å². The Labute approximate surface area is 87.4 Å². The molecule has 0 aliphatic carbocycles. The maximum Gasteiger partial charge on any atom is 0.239 e. The summed E-state index contributed by atoms with van der Waals surface area (Å²) in [6, 6.07) is 4.30. The molecule has 0 spiro atoms. The fourth-order valence-electron chi connectivity index (χ4n) is 1.03. The standard InChI is InChI=1S/C10H13FN2O2/c1-12-10(14)6-13-9-5-7(15-2)3-4-8(9)11/h3-5,13H,6H2,1-2H3,(H,12,14). The van der Waals surface area contributed by atoms with E-state index >= 15 is 0 Å². The van der Waals surface area contributed by atoms with Crippen molar-refractivity contribution in [2.24, 2.45) is 0 Å². The summed E-state index contributed by atoms with van der Waals surface area (Å²) >= 11 is 0. The van der Waals surface area contributed by atoms with Crippen LogP contribution in [0, 0.1) is 5.82 Å². The molecule has 1 rings (SSSR count). The van der Waals surface area contributed by atoms with Gasteiger partial charge in [-0.3, -0.25) is 4.79 Å². The minimum Gasteiger partial charge on any atom is -0.497 e. The molecular weight excluding hydrogens is 199 g/mol. The molecule has 1 amide bonds. The van der Waals surface area contributed by atoms with Crippen molar-refractivity contribution in [1.82, 2.24) is 5.32 Å². The molecule has 0 saturated carbocycles. The molecule has 0 unspecified atom stereocenters. The van der Waals surface area contributed by atoms with Crippen molar-refractivity contribution < 1.29 is 13.9 Å². The molecule has 0 saturated heterocycles. The van der Waals surface area contributed by atoms with Crippen LogP contribution in [0.2, 0.25) is 0 Å². The molecule has 0 bridgehead atoms. The Hall–Kier alpha value is -1.78. The monoisotopic (exact) mass is 212 g/mol. The van der Waals surface area contributed by atoms with E-state index in [1.165, 1.54) is 32.4 Å². The highest BCUT2D eigenvalue weighted by Gasteiger charge is 2.05. The first kappa shape index (κ1) is 11.3. The topological polar surface area (TPSA) is 50.4 Å². The number of hydrogen-bond donors (Lipinski definition) is 2. The first-order chi connectivity index (χ1) is 7.17. The normalized spacial score (nSPS) is 9.53. The smallest absolute Gasteiger partial charge is 0.239 e. The highest BCUT2D eigenvalue weighted by molar-refractivity contribution is 5.80. The minimum atomic E-state index is -0.417. The first-order valence-corrected chi connectivity index (χ1v) is 4.45. The number of amides is 1. The average molecular weight is 212 g/mol. The van der Waals surface area contributed by atoms with E-state index in [1.54, 1.807) is 0 Å². The van der Waals surface area contributed by atoms with Crippen molar-refractivity contribution in [2.45, 2.75) is 0 Å². The van der Waals surface area contributed by atoms with Crippen molar-refractivity contribution in [1.29, 1.82) is 0 Å². The number of likely N-dealkylation sites (N-methyl/N-ethyl adjacent to an activating group) is 1. The van der Waals surface area contributed by atoms with Crippen LogP contribution in [-0.2, 0) is 4.79 Å². The van der Waals surface area contributed by atoms with Crippen LogP contribution >= 0.6 is 0 Å². The Morgan fingerprint density at radius 1 is 1.53 bits per heavy atom. The number of benzene rings is 1. The van der Waals surface area contributed by atoms with Gasteiger partial charge >= 0.3 is 0 Å². The van der Waals surface area contributed by atoms with E-state index in [1.807, 2.05) is 0 Å². The van der Waals surface area contributed by atoms with Crippen molar-refractivity contribution in [3.8, 4) is 5.75 Å². The summed E-state index contributed by atoms with van der Waals surface area (Å²) in [7, 11) is 3.02. The molecule has 4 nitrogen and oxygen atoms in total. The van der Waals surface area contributed by atoms with Gasteiger partial charge in [-0.15, -0.1) is 0 Å². The summed E-state index contributed by atoms with van der Waals surface area (Å²) in [5.41, 5.74) is 0.248. The van der Waals surface area contributed by atoms with Gasteiger partial charge in [-0.2, -0.15) is 0 Å². The summed E-state index contributed by atoms with van der Waals surface area (Å²) < 4.78 is 18.1. The fraction of sp³-hybridized carbons (Fsp3) is 0.300. The molecule has 1 aromatic carbocycles. The molecule has 0 aliphatic rings. The number of halogens is 1. The molecule has 2 N–H and O–H groups in total. The number of carbonyl (C=O) groups excluding carboxylic acids is 1. The molecule has 0 heterocycles. The second-order valence-corrected chi connectivity index (χ2v) is 2.87. The molecule has 0 aliphatic heterocycles. The molecule has 0 aromatic heterocycles. The lowest BCUT2D eigenvalue weighted by molar-refractivity contribution is -0.118.